The van der Waals surface area contributed by atoms with Gasteiger partial charge in [-0.25, -0.2) is 8.42 Å². The third kappa shape index (κ3) is 5.38. The molecule has 166 valence electrons. The molecular weight excluding hydrogens is 463 g/mol. The van der Waals surface area contributed by atoms with Gasteiger partial charge in [-0.2, -0.15) is 4.31 Å². The molecule has 1 saturated heterocycles. The van der Waals surface area contributed by atoms with Crippen LogP contribution in [0.3, 0.4) is 0 Å². The van der Waals surface area contributed by atoms with Crippen molar-refractivity contribution in [3.63, 3.8) is 0 Å². The van der Waals surface area contributed by atoms with Gasteiger partial charge in [-0.3, -0.25) is 9.59 Å². The van der Waals surface area contributed by atoms with Gasteiger partial charge in [0.05, 0.1) is 15.6 Å². The van der Waals surface area contributed by atoms with Gasteiger partial charge in [0.15, 0.2) is 6.61 Å². The summed E-state index contributed by atoms with van der Waals surface area (Å²) in [7, 11) is -3.90. The third-order valence-corrected chi connectivity index (χ3v) is 7.41. The van der Waals surface area contributed by atoms with Crippen molar-refractivity contribution in [2.45, 2.75) is 37.6 Å². The van der Waals surface area contributed by atoms with Crippen LogP contribution < -0.4 is 5.32 Å². The Kier molecular flexibility index (Phi) is 7.26. The molecule has 1 fully saturated rings. The Morgan fingerprint density at radius 2 is 1.84 bits per heavy atom. The Balaban J connectivity index is 1.65. The summed E-state index contributed by atoms with van der Waals surface area (Å²) in [6, 6.07) is 8.32. The maximum Gasteiger partial charge on any atom is 0.324 e. The molecule has 1 heterocycles. The summed E-state index contributed by atoms with van der Waals surface area (Å²) in [5.74, 6) is -1.33. The number of halogens is 2. The van der Waals surface area contributed by atoms with Crippen LogP contribution in [0, 0.1) is 13.8 Å². The highest BCUT2D eigenvalue weighted by Crippen LogP contribution is 2.29. The van der Waals surface area contributed by atoms with Crippen molar-refractivity contribution in [1.82, 2.24) is 4.31 Å². The van der Waals surface area contributed by atoms with Crippen LogP contribution in [0.1, 0.15) is 24.0 Å². The smallest absolute Gasteiger partial charge is 0.324 e. The summed E-state index contributed by atoms with van der Waals surface area (Å²) in [4.78, 5) is 24.9. The highest BCUT2D eigenvalue weighted by molar-refractivity contribution is 7.89. The summed E-state index contributed by atoms with van der Waals surface area (Å²) >= 11 is 12.0. The lowest BCUT2D eigenvalue weighted by atomic mass is 10.1. The predicted octanol–water partition coefficient (Wildman–Crippen LogP) is 3.95. The molecular formula is C21H22Cl2N2O5S. The maximum atomic E-state index is 12.9. The van der Waals surface area contributed by atoms with Gasteiger partial charge >= 0.3 is 5.97 Å². The Morgan fingerprint density at radius 3 is 2.48 bits per heavy atom. The summed E-state index contributed by atoms with van der Waals surface area (Å²) in [6.07, 6.45) is 0.827. The fourth-order valence-corrected chi connectivity index (χ4v) is 5.63. The van der Waals surface area contributed by atoms with E-state index >= 15 is 0 Å². The minimum atomic E-state index is -3.90. The van der Waals surface area contributed by atoms with Crippen molar-refractivity contribution in [2.75, 3.05) is 18.5 Å². The highest BCUT2D eigenvalue weighted by atomic mass is 35.5. The molecule has 0 saturated carbocycles. The lowest BCUT2D eigenvalue weighted by Crippen LogP contribution is -2.42. The molecule has 1 N–H and O–H groups in total. The molecule has 0 bridgehead atoms. The molecule has 1 aliphatic heterocycles. The number of aryl methyl sites for hydroxylation is 2. The van der Waals surface area contributed by atoms with Crippen molar-refractivity contribution < 1.29 is 22.7 Å². The van der Waals surface area contributed by atoms with Gasteiger partial charge < -0.3 is 10.1 Å². The first-order chi connectivity index (χ1) is 14.6. The van der Waals surface area contributed by atoms with Gasteiger partial charge in [-0.15, -0.1) is 0 Å². The molecule has 1 atom stereocenters. The van der Waals surface area contributed by atoms with Crippen LogP contribution in [0.2, 0.25) is 10.0 Å². The van der Waals surface area contributed by atoms with Gasteiger partial charge in [0, 0.05) is 11.6 Å². The number of ether oxygens (including phenoxy) is 1. The van der Waals surface area contributed by atoms with E-state index < -0.39 is 34.5 Å². The molecule has 2 aromatic carbocycles. The first kappa shape index (κ1) is 23.5. The van der Waals surface area contributed by atoms with Gasteiger partial charge in [0.25, 0.3) is 5.91 Å². The number of carbonyl (C=O) groups excluding carboxylic acids is 2. The first-order valence-electron chi connectivity index (χ1n) is 9.60. The van der Waals surface area contributed by atoms with Crippen LogP contribution in [-0.4, -0.2) is 43.8 Å². The molecule has 0 aromatic heterocycles. The SMILES string of the molecule is Cc1cc(C)c(NC(=O)COC(=O)[C@@H]2CCCN2S(=O)(=O)c2ccc(Cl)cc2)c(Cl)c1. The zero-order valence-electron chi connectivity index (χ0n) is 17.0. The van der Waals surface area contributed by atoms with E-state index in [9.17, 15) is 18.0 Å². The normalized spacial score (nSPS) is 16.8. The maximum absolute atomic E-state index is 12.9. The lowest BCUT2D eigenvalue weighted by Gasteiger charge is -2.22. The van der Waals surface area contributed by atoms with Gasteiger partial charge in [-0.1, -0.05) is 29.3 Å². The zero-order chi connectivity index (χ0) is 22.8. The number of hydrogen-bond acceptors (Lipinski definition) is 5. The van der Waals surface area contributed by atoms with Gasteiger partial charge in [0.1, 0.15) is 6.04 Å². The van der Waals surface area contributed by atoms with E-state index in [-0.39, 0.29) is 11.4 Å². The molecule has 1 aliphatic rings. The van der Waals surface area contributed by atoms with E-state index in [0.717, 1.165) is 15.4 Å². The monoisotopic (exact) mass is 484 g/mol. The van der Waals surface area contributed by atoms with E-state index in [4.69, 9.17) is 27.9 Å². The Hall–Kier alpha value is -2.13. The second-order valence-electron chi connectivity index (χ2n) is 7.32. The fraction of sp³-hybridized carbons (Fsp3) is 0.333. The number of carbonyl (C=O) groups is 2. The second-order valence-corrected chi connectivity index (χ2v) is 10.1. The number of benzene rings is 2. The van der Waals surface area contributed by atoms with E-state index in [0.29, 0.717) is 28.6 Å². The van der Waals surface area contributed by atoms with Crippen molar-refractivity contribution >= 4 is 50.8 Å². The largest absolute Gasteiger partial charge is 0.454 e. The van der Waals surface area contributed by atoms with E-state index in [1.54, 1.807) is 13.0 Å². The molecule has 1 amide bonds. The molecule has 0 spiro atoms. The van der Waals surface area contributed by atoms with Crippen LogP contribution in [0.25, 0.3) is 0 Å². The summed E-state index contributed by atoms with van der Waals surface area (Å²) in [5.41, 5.74) is 2.18. The Labute approximate surface area is 191 Å². The number of nitrogens with zero attached hydrogens (tertiary/aromatic N) is 1. The van der Waals surface area contributed by atoms with Crippen molar-refractivity contribution in [3.05, 3.63) is 57.6 Å². The standard InChI is InChI=1S/C21H22Cl2N2O5S/c1-13-10-14(2)20(17(23)11-13)24-19(26)12-30-21(27)18-4-3-9-25(18)31(28,29)16-7-5-15(22)6-8-16/h5-8,10-11,18H,3-4,9,12H2,1-2H3,(H,24,26)/t18-/m0/s1. The number of sulfonamides is 1. The van der Waals surface area contributed by atoms with Gasteiger partial charge in [0.2, 0.25) is 10.0 Å². The number of anilines is 1. The predicted molar refractivity (Wildman–Crippen MR) is 119 cm³/mol. The topological polar surface area (TPSA) is 92.8 Å². The van der Waals surface area contributed by atoms with Crippen molar-refractivity contribution in [2.24, 2.45) is 0 Å². The molecule has 0 unspecified atom stereocenters. The molecule has 0 radical (unpaired) electrons. The summed E-state index contributed by atoms with van der Waals surface area (Å²) in [6.45, 7) is 3.33. The minimum Gasteiger partial charge on any atom is -0.454 e. The number of amides is 1. The van der Waals surface area contributed by atoms with E-state index in [2.05, 4.69) is 5.32 Å². The van der Waals surface area contributed by atoms with Crippen molar-refractivity contribution in [3.8, 4) is 0 Å². The summed E-state index contributed by atoms with van der Waals surface area (Å²) < 4.78 is 32.1. The van der Waals surface area contributed by atoms with Gasteiger partial charge in [-0.05, 0) is 68.1 Å². The van der Waals surface area contributed by atoms with Crippen LogP contribution in [-0.2, 0) is 24.3 Å². The fourth-order valence-electron chi connectivity index (χ4n) is 3.49. The molecule has 3 rings (SSSR count). The number of esters is 1. The average Bonchev–Trinajstić information content (AvgIpc) is 3.20. The quantitative estimate of drug-likeness (QED) is 0.626. The van der Waals surface area contributed by atoms with Crippen LogP contribution in [0.4, 0.5) is 5.69 Å². The molecule has 31 heavy (non-hydrogen) atoms. The zero-order valence-corrected chi connectivity index (χ0v) is 19.4. The van der Waals surface area contributed by atoms with Crippen molar-refractivity contribution in [1.29, 1.82) is 0 Å². The Bertz CT molecular complexity index is 1080. The molecule has 7 nitrogen and oxygen atoms in total. The van der Waals surface area contributed by atoms with E-state index in [1.807, 2.05) is 13.0 Å². The van der Waals surface area contributed by atoms with Crippen LogP contribution in [0.5, 0.6) is 0 Å². The third-order valence-electron chi connectivity index (χ3n) is 4.94. The number of hydrogen-bond donors (Lipinski definition) is 1. The molecule has 0 aliphatic carbocycles. The van der Waals surface area contributed by atoms with Crippen LogP contribution >= 0.6 is 23.2 Å². The second kappa shape index (κ2) is 9.56. The number of nitrogens with one attached hydrogen (secondary N) is 1. The minimum absolute atomic E-state index is 0.0406. The summed E-state index contributed by atoms with van der Waals surface area (Å²) in [5, 5.41) is 3.42. The average molecular weight is 485 g/mol. The van der Waals surface area contributed by atoms with E-state index in [1.165, 1.54) is 24.3 Å². The first-order valence-corrected chi connectivity index (χ1v) is 11.8. The highest BCUT2D eigenvalue weighted by Gasteiger charge is 2.40. The lowest BCUT2D eigenvalue weighted by molar-refractivity contribution is -0.150. The Morgan fingerprint density at radius 1 is 1.16 bits per heavy atom. The molecule has 10 heteroatoms. The van der Waals surface area contributed by atoms with Crippen LogP contribution in [0.15, 0.2) is 41.3 Å². The molecule has 2 aromatic rings. The number of rotatable bonds is 6.